The molecule has 2 aliphatic rings. The molecule has 0 radical (unpaired) electrons. The zero-order chi connectivity index (χ0) is 18.4. The lowest BCUT2D eigenvalue weighted by Gasteiger charge is -2.44. The Morgan fingerprint density at radius 3 is 1.77 bits per heavy atom. The first kappa shape index (κ1) is 19.6. The molecule has 2 heteroatoms. The van der Waals surface area contributed by atoms with Crippen LogP contribution in [0, 0.1) is 0 Å². The van der Waals surface area contributed by atoms with Gasteiger partial charge in [0.25, 0.3) is 0 Å². The van der Waals surface area contributed by atoms with E-state index in [2.05, 4.69) is 30.9 Å². The molecule has 2 fully saturated rings. The zero-order valence-electron chi connectivity index (χ0n) is 17.2. The van der Waals surface area contributed by atoms with Gasteiger partial charge < -0.3 is 10.6 Å². The summed E-state index contributed by atoms with van der Waals surface area (Å²) in [5, 5.41) is 0. The average molecular weight is 357 g/mol. The Kier molecular flexibility index (Phi) is 7.28. The van der Waals surface area contributed by atoms with Crippen molar-refractivity contribution in [1.82, 2.24) is 0 Å². The van der Waals surface area contributed by atoms with Crippen LogP contribution in [0.25, 0.3) is 0 Å². The van der Waals surface area contributed by atoms with Gasteiger partial charge in [0.15, 0.2) is 0 Å². The molecule has 0 aromatic heterocycles. The second-order valence-electron chi connectivity index (χ2n) is 8.67. The monoisotopic (exact) mass is 356 g/mol. The summed E-state index contributed by atoms with van der Waals surface area (Å²) in [6.45, 7) is 4.56. The van der Waals surface area contributed by atoms with Crippen LogP contribution in [-0.2, 0) is 12.8 Å². The van der Waals surface area contributed by atoms with Gasteiger partial charge in [0.05, 0.1) is 0 Å². The van der Waals surface area contributed by atoms with Gasteiger partial charge in [-0.3, -0.25) is 0 Å². The van der Waals surface area contributed by atoms with E-state index in [1.54, 1.807) is 5.56 Å². The second-order valence-corrected chi connectivity index (χ2v) is 8.67. The number of nitrogens with two attached hydrogens (primary N) is 1. The Hall–Kier alpha value is -1.18. The number of aryl methyl sites for hydroxylation is 2. The van der Waals surface area contributed by atoms with Crippen molar-refractivity contribution in [2.75, 3.05) is 10.6 Å². The van der Waals surface area contributed by atoms with Crippen LogP contribution in [0.4, 0.5) is 11.4 Å². The van der Waals surface area contributed by atoms with E-state index in [4.69, 9.17) is 5.73 Å². The van der Waals surface area contributed by atoms with E-state index in [1.165, 1.54) is 94.7 Å². The summed E-state index contributed by atoms with van der Waals surface area (Å²) in [5.41, 5.74) is 12.0. The molecule has 0 spiro atoms. The number of rotatable bonds is 7. The molecule has 2 nitrogen and oxygen atoms in total. The van der Waals surface area contributed by atoms with Crippen molar-refractivity contribution < 1.29 is 0 Å². The van der Waals surface area contributed by atoms with E-state index in [9.17, 15) is 0 Å². The molecule has 1 aromatic carbocycles. The summed E-state index contributed by atoms with van der Waals surface area (Å²) in [5.74, 6) is 0. The van der Waals surface area contributed by atoms with Crippen LogP contribution >= 0.6 is 0 Å². The molecule has 2 aliphatic carbocycles. The number of hydrogen-bond acceptors (Lipinski definition) is 2. The Labute approximate surface area is 161 Å². The smallest absolute Gasteiger partial charge is 0.0424 e. The summed E-state index contributed by atoms with van der Waals surface area (Å²) in [6, 6.07) is 6.29. The third kappa shape index (κ3) is 4.56. The largest absolute Gasteiger partial charge is 0.398 e. The molecule has 0 unspecified atom stereocenters. The number of nitrogens with zero attached hydrogens (tertiary/aromatic N) is 1. The number of hydrogen-bond donors (Lipinski definition) is 1. The Bertz CT molecular complexity index is 536. The van der Waals surface area contributed by atoms with E-state index in [1.807, 2.05) is 0 Å². The number of anilines is 2. The first-order valence-corrected chi connectivity index (χ1v) is 11.4. The first-order chi connectivity index (χ1) is 12.7. The molecule has 0 bridgehead atoms. The van der Waals surface area contributed by atoms with Crippen molar-refractivity contribution >= 4 is 11.4 Å². The molecule has 0 saturated heterocycles. The third-order valence-corrected chi connectivity index (χ3v) is 6.59. The van der Waals surface area contributed by atoms with Crippen molar-refractivity contribution in [2.24, 2.45) is 0 Å². The molecule has 0 heterocycles. The maximum absolute atomic E-state index is 6.54. The lowest BCUT2D eigenvalue weighted by Crippen LogP contribution is -2.46. The minimum Gasteiger partial charge on any atom is -0.398 e. The minimum atomic E-state index is 0.735. The number of benzene rings is 1. The van der Waals surface area contributed by atoms with E-state index >= 15 is 0 Å². The molecule has 26 heavy (non-hydrogen) atoms. The molecular weight excluding hydrogens is 316 g/mol. The molecule has 1 aromatic rings. The summed E-state index contributed by atoms with van der Waals surface area (Å²) in [4.78, 5) is 2.87. The predicted molar refractivity (Wildman–Crippen MR) is 115 cm³/mol. The molecule has 0 amide bonds. The second kappa shape index (κ2) is 9.67. The lowest BCUT2D eigenvalue weighted by molar-refractivity contribution is 0.339. The van der Waals surface area contributed by atoms with Crippen LogP contribution in [0.2, 0.25) is 0 Å². The van der Waals surface area contributed by atoms with E-state index in [-0.39, 0.29) is 0 Å². The average Bonchev–Trinajstić information content (AvgIpc) is 2.67. The third-order valence-electron chi connectivity index (χ3n) is 6.59. The van der Waals surface area contributed by atoms with E-state index in [0.29, 0.717) is 0 Å². The first-order valence-electron chi connectivity index (χ1n) is 11.4. The SMILES string of the molecule is CCCc1cc(CCC)c(N(C2CCCCC2)C2CCCCC2)cc1N. The van der Waals surface area contributed by atoms with Gasteiger partial charge in [-0.1, -0.05) is 71.3 Å². The Balaban J connectivity index is 1.98. The highest BCUT2D eigenvalue weighted by Crippen LogP contribution is 2.38. The van der Waals surface area contributed by atoms with Gasteiger partial charge in [-0.2, -0.15) is 0 Å². The molecule has 2 N–H and O–H groups in total. The highest BCUT2D eigenvalue weighted by atomic mass is 15.2. The lowest BCUT2D eigenvalue weighted by atomic mass is 9.87. The highest BCUT2D eigenvalue weighted by molar-refractivity contribution is 5.66. The quantitative estimate of drug-likeness (QED) is 0.554. The Morgan fingerprint density at radius 1 is 0.769 bits per heavy atom. The minimum absolute atomic E-state index is 0.735. The van der Waals surface area contributed by atoms with Crippen LogP contribution in [0.15, 0.2) is 12.1 Å². The van der Waals surface area contributed by atoms with Crippen molar-refractivity contribution in [2.45, 2.75) is 116 Å². The van der Waals surface area contributed by atoms with Crippen LogP contribution in [0.3, 0.4) is 0 Å². The van der Waals surface area contributed by atoms with E-state index in [0.717, 1.165) is 24.2 Å². The normalized spacial score (nSPS) is 19.6. The van der Waals surface area contributed by atoms with Crippen molar-refractivity contribution in [1.29, 1.82) is 0 Å². The zero-order valence-corrected chi connectivity index (χ0v) is 17.2. The molecule has 0 aliphatic heterocycles. The van der Waals surface area contributed by atoms with Gasteiger partial charge in [0.1, 0.15) is 0 Å². The molecule has 3 rings (SSSR count). The highest BCUT2D eigenvalue weighted by Gasteiger charge is 2.30. The maximum Gasteiger partial charge on any atom is 0.0424 e. The molecule has 0 atom stereocenters. The summed E-state index contributed by atoms with van der Waals surface area (Å²) in [6.07, 6.45) is 18.6. The fourth-order valence-electron chi connectivity index (χ4n) is 5.31. The van der Waals surface area contributed by atoms with Gasteiger partial charge >= 0.3 is 0 Å². The van der Waals surface area contributed by atoms with Crippen LogP contribution < -0.4 is 10.6 Å². The van der Waals surface area contributed by atoms with Gasteiger partial charge in [-0.15, -0.1) is 0 Å². The summed E-state index contributed by atoms with van der Waals surface area (Å²) in [7, 11) is 0. The van der Waals surface area contributed by atoms with Gasteiger partial charge in [0.2, 0.25) is 0 Å². The molecule has 2 saturated carbocycles. The van der Waals surface area contributed by atoms with E-state index < -0.39 is 0 Å². The molecular formula is C24H40N2. The van der Waals surface area contributed by atoms with Crippen LogP contribution in [-0.4, -0.2) is 12.1 Å². The van der Waals surface area contributed by atoms with Crippen LogP contribution in [0.1, 0.15) is 102 Å². The van der Waals surface area contributed by atoms with Crippen molar-refractivity contribution in [3.05, 3.63) is 23.3 Å². The Morgan fingerprint density at radius 2 is 1.27 bits per heavy atom. The maximum atomic E-state index is 6.54. The van der Waals surface area contributed by atoms with Gasteiger partial charge in [-0.05, 0) is 55.7 Å². The summed E-state index contributed by atoms with van der Waals surface area (Å²) >= 11 is 0. The van der Waals surface area contributed by atoms with Gasteiger partial charge in [-0.25, -0.2) is 0 Å². The predicted octanol–water partition coefficient (Wildman–Crippen LogP) is 6.65. The van der Waals surface area contributed by atoms with Gasteiger partial charge in [0, 0.05) is 23.5 Å². The standard InChI is InChI=1S/C24H40N2/c1-3-11-19-17-20(12-4-2)24(18-23(19)25)26(21-13-7-5-8-14-21)22-15-9-6-10-16-22/h17-18,21-22H,3-16,25H2,1-2H3. The summed E-state index contributed by atoms with van der Waals surface area (Å²) < 4.78 is 0. The fourth-order valence-corrected chi connectivity index (χ4v) is 5.31. The number of nitrogen functional groups attached to an aromatic ring is 1. The molecule has 146 valence electrons. The van der Waals surface area contributed by atoms with Crippen LogP contribution in [0.5, 0.6) is 0 Å². The fraction of sp³-hybridized carbons (Fsp3) is 0.750. The topological polar surface area (TPSA) is 29.3 Å². The van der Waals surface area contributed by atoms with Crippen molar-refractivity contribution in [3.63, 3.8) is 0 Å². The van der Waals surface area contributed by atoms with Crippen molar-refractivity contribution in [3.8, 4) is 0 Å².